The maximum absolute atomic E-state index is 12.9. The molecule has 0 aliphatic carbocycles. The molecule has 2 amide bonds. The summed E-state index contributed by atoms with van der Waals surface area (Å²) in [5, 5.41) is 3.57. The van der Waals surface area contributed by atoms with Crippen molar-refractivity contribution in [1.29, 1.82) is 0 Å². The van der Waals surface area contributed by atoms with Gasteiger partial charge in [0.05, 0.1) is 11.1 Å². The predicted octanol–water partition coefficient (Wildman–Crippen LogP) is 4.55. The predicted molar refractivity (Wildman–Crippen MR) is 142 cm³/mol. The Bertz CT molecular complexity index is 1500. The Balaban J connectivity index is 1.65. The summed E-state index contributed by atoms with van der Waals surface area (Å²) in [6, 6.07) is 13.4. The van der Waals surface area contributed by atoms with Crippen LogP contribution in [0.3, 0.4) is 0 Å². The second-order valence-corrected chi connectivity index (χ2v) is 9.04. The molecule has 2 aromatic heterocycles. The number of nitrogens with one attached hydrogen (secondary N) is 1. The smallest absolute Gasteiger partial charge is 0.253 e. The highest BCUT2D eigenvalue weighted by Gasteiger charge is 2.24. The second kappa shape index (κ2) is 9.30. The van der Waals surface area contributed by atoms with Gasteiger partial charge in [-0.3, -0.25) is 9.59 Å². The standard InChI is InChI=1S/C28H28N6O2/c1-4-22(35)32-20-11-12-21(17(2)15-20)25-23(24-26(29)30-16-31-27(24)33(25)3)18-7-9-19(10-8-18)28(36)34-13-5-6-14-34/h4,7-12,15-16H,1,5-6,13-14H2,2-3H3,(H,32,35)(H2,29,30,31). The number of hydrogen-bond acceptors (Lipinski definition) is 5. The van der Waals surface area contributed by atoms with E-state index in [1.54, 1.807) is 0 Å². The molecule has 8 nitrogen and oxygen atoms in total. The molecule has 3 N–H and O–H groups in total. The summed E-state index contributed by atoms with van der Waals surface area (Å²) in [7, 11) is 1.95. The number of fused-ring (bicyclic) bond motifs is 1. The number of nitrogens with zero attached hydrogens (tertiary/aromatic N) is 4. The van der Waals surface area contributed by atoms with Crippen LogP contribution in [0.1, 0.15) is 28.8 Å². The molecule has 8 heteroatoms. The Morgan fingerprint density at radius 1 is 1.08 bits per heavy atom. The SMILES string of the molecule is C=CC(=O)Nc1ccc(-c2c(-c3ccc(C(=O)N4CCCC4)cc3)c3c(N)ncnc3n2C)c(C)c1. The second-order valence-electron chi connectivity index (χ2n) is 9.04. The molecule has 1 aliphatic rings. The minimum atomic E-state index is -0.265. The number of anilines is 2. The summed E-state index contributed by atoms with van der Waals surface area (Å²) >= 11 is 0. The zero-order chi connectivity index (χ0) is 25.4. The van der Waals surface area contributed by atoms with Crippen LogP contribution in [0.2, 0.25) is 0 Å². The van der Waals surface area contributed by atoms with Crippen molar-refractivity contribution in [1.82, 2.24) is 19.4 Å². The molecule has 0 saturated carbocycles. The lowest BCUT2D eigenvalue weighted by atomic mass is 9.95. The van der Waals surface area contributed by atoms with E-state index in [1.165, 1.54) is 12.4 Å². The fraction of sp³-hybridized carbons (Fsp3) is 0.214. The molecule has 5 rings (SSSR count). The molecule has 0 atom stereocenters. The molecule has 3 heterocycles. The number of nitrogen functional groups attached to an aromatic ring is 1. The molecule has 0 radical (unpaired) electrons. The molecule has 4 aromatic rings. The van der Waals surface area contributed by atoms with Gasteiger partial charge in [0.1, 0.15) is 17.8 Å². The van der Waals surface area contributed by atoms with Gasteiger partial charge in [-0.25, -0.2) is 9.97 Å². The molecular formula is C28H28N6O2. The normalized spacial score (nSPS) is 13.2. The minimum Gasteiger partial charge on any atom is -0.383 e. The number of likely N-dealkylation sites (tertiary alicyclic amines) is 1. The van der Waals surface area contributed by atoms with Gasteiger partial charge in [-0.1, -0.05) is 24.8 Å². The maximum atomic E-state index is 12.9. The first-order valence-electron chi connectivity index (χ1n) is 11.9. The van der Waals surface area contributed by atoms with Crippen molar-refractivity contribution in [3.8, 4) is 22.4 Å². The Morgan fingerprint density at radius 3 is 2.47 bits per heavy atom. The highest BCUT2D eigenvalue weighted by atomic mass is 16.2. The fourth-order valence-corrected chi connectivity index (χ4v) is 4.95. The van der Waals surface area contributed by atoms with Crippen LogP contribution >= 0.6 is 0 Å². The zero-order valence-electron chi connectivity index (χ0n) is 20.4. The number of rotatable bonds is 5. The first kappa shape index (κ1) is 23.3. The largest absolute Gasteiger partial charge is 0.383 e. The lowest BCUT2D eigenvalue weighted by Gasteiger charge is -2.16. The van der Waals surface area contributed by atoms with Crippen molar-refractivity contribution in [2.24, 2.45) is 7.05 Å². The Hall–Kier alpha value is -4.46. The summed E-state index contributed by atoms with van der Waals surface area (Å²) in [5.74, 6) is 0.189. The molecule has 0 unspecified atom stereocenters. The molecule has 1 fully saturated rings. The van der Waals surface area contributed by atoms with Crippen LogP contribution in [0, 0.1) is 6.92 Å². The van der Waals surface area contributed by atoms with Gasteiger partial charge in [0.25, 0.3) is 5.91 Å². The third-order valence-electron chi connectivity index (χ3n) is 6.74. The quantitative estimate of drug-likeness (QED) is 0.408. The van der Waals surface area contributed by atoms with E-state index in [-0.39, 0.29) is 11.8 Å². The number of carbonyl (C=O) groups excluding carboxylic acids is 2. The monoisotopic (exact) mass is 480 g/mol. The van der Waals surface area contributed by atoms with Crippen LogP contribution in [0.5, 0.6) is 0 Å². The average Bonchev–Trinajstić information content (AvgIpc) is 3.52. The molecule has 182 valence electrons. The van der Waals surface area contributed by atoms with Gasteiger partial charge in [0.2, 0.25) is 5.91 Å². The maximum Gasteiger partial charge on any atom is 0.253 e. The van der Waals surface area contributed by atoms with E-state index < -0.39 is 0 Å². The number of carbonyl (C=O) groups is 2. The van der Waals surface area contributed by atoms with Crippen LogP contribution < -0.4 is 11.1 Å². The highest BCUT2D eigenvalue weighted by molar-refractivity contribution is 6.08. The van der Waals surface area contributed by atoms with Crippen LogP contribution in [-0.4, -0.2) is 44.3 Å². The van der Waals surface area contributed by atoms with Crippen molar-refractivity contribution in [2.45, 2.75) is 19.8 Å². The molecule has 2 aromatic carbocycles. The summed E-state index contributed by atoms with van der Waals surface area (Å²) in [4.78, 5) is 35.3. The Kier molecular flexibility index (Phi) is 6.01. The van der Waals surface area contributed by atoms with Crippen molar-refractivity contribution < 1.29 is 9.59 Å². The van der Waals surface area contributed by atoms with Crippen LogP contribution in [0.4, 0.5) is 11.5 Å². The third kappa shape index (κ3) is 4.00. The van der Waals surface area contributed by atoms with E-state index >= 15 is 0 Å². The molecule has 1 saturated heterocycles. The number of benzene rings is 2. The number of aromatic nitrogens is 3. The topological polar surface area (TPSA) is 106 Å². The molecule has 0 spiro atoms. The summed E-state index contributed by atoms with van der Waals surface area (Å²) in [6.07, 6.45) is 4.81. The molecular weight excluding hydrogens is 452 g/mol. The van der Waals surface area contributed by atoms with E-state index in [1.807, 2.05) is 65.9 Å². The number of amides is 2. The molecule has 36 heavy (non-hydrogen) atoms. The van der Waals surface area contributed by atoms with Gasteiger partial charge in [-0.15, -0.1) is 0 Å². The average molecular weight is 481 g/mol. The van der Waals surface area contributed by atoms with Crippen molar-refractivity contribution in [3.63, 3.8) is 0 Å². The van der Waals surface area contributed by atoms with Crippen molar-refractivity contribution >= 4 is 34.4 Å². The van der Waals surface area contributed by atoms with E-state index in [4.69, 9.17) is 5.73 Å². The van der Waals surface area contributed by atoms with E-state index in [2.05, 4.69) is 21.9 Å². The van der Waals surface area contributed by atoms with Crippen LogP contribution in [-0.2, 0) is 11.8 Å². The Labute approximate surface area is 209 Å². The van der Waals surface area contributed by atoms with Gasteiger partial charge in [0, 0.05) is 42.5 Å². The Morgan fingerprint density at radius 2 is 1.81 bits per heavy atom. The van der Waals surface area contributed by atoms with Gasteiger partial charge in [0.15, 0.2) is 0 Å². The first-order valence-corrected chi connectivity index (χ1v) is 11.9. The lowest BCUT2D eigenvalue weighted by molar-refractivity contribution is -0.111. The lowest BCUT2D eigenvalue weighted by Crippen LogP contribution is -2.27. The van der Waals surface area contributed by atoms with Crippen LogP contribution in [0.15, 0.2) is 61.4 Å². The summed E-state index contributed by atoms with van der Waals surface area (Å²) in [6.45, 7) is 7.12. The van der Waals surface area contributed by atoms with E-state index in [9.17, 15) is 9.59 Å². The highest BCUT2D eigenvalue weighted by Crippen LogP contribution is 2.42. The van der Waals surface area contributed by atoms with Crippen molar-refractivity contribution in [2.75, 3.05) is 24.1 Å². The van der Waals surface area contributed by atoms with Crippen LogP contribution in [0.25, 0.3) is 33.4 Å². The summed E-state index contributed by atoms with van der Waals surface area (Å²) in [5.41, 5.74) is 13.1. The number of hydrogen-bond donors (Lipinski definition) is 2. The van der Waals surface area contributed by atoms with Gasteiger partial charge < -0.3 is 20.5 Å². The van der Waals surface area contributed by atoms with E-state index in [0.717, 1.165) is 59.3 Å². The molecule has 0 bridgehead atoms. The minimum absolute atomic E-state index is 0.0630. The number of aryl methyl sites for hydroxylation is 2. The fourth-order valence-electron chi connectivity index (χ4n) is 4.95. The first-order chi connectivity index (χ1) is 17.4. The molecule has 1 aliphatic heterocycles. The summed E-state index contributed by atoms with van der Waals surface area (Å²) < 4.78 is 2.01. The van der Waals surface area contributed by atoms with Crippen molar-refractivity contribution in [3.05, 3.63) is 72.6 Å². The van der Waals surface area contributed by atoms with E-state index in [0.29, 0.717) is 22.7 Å². The zero-order valence-corrected chi connectivity index (χ0v) is 20.4. The van der Waals surface area contributed by atoms with Gasteiger partial charge >= 0.3 is 0 Å². The third-order valence-corrected chi connectivity index (χ3v) is 6.74. The van der Waals surface area contributed by atoms with Gasteiger partial charge in [-0.2, -0.15) is 0 Å². The number of nitrogens with two attached hydrogens (primary N) is 1. The van der Waals surface area contributed by atoms with Gasteiger partial charge in [-0.05, 0) is 61.2 Å².